The van der Waals surface area contributed by atoms with Gasteiger partial charge in [0.25, 0.3) is 5.91 Å². The number of nitrogens with one attached hydrogen (secondary N) is 1. The molecule has 0 saturated carbocycles. The summed E-state index contributed by atoms with van der Waals surface area (Å²) in [6.45, 7) is -0.211. The molecule has 6 nitrogen and oxygen atoms in total. The van der Waals surface area contributed by atoms with Crippen LogP contribution in [0.25, 0.3) is 0 Å². The van der Waals surface area contributed by atoms with E-state index >= 15 is 0 Å². The lowest BCUT2D eigenvalue weighted by Crippen LogP contribution is -2.44. The lowest BCUT2D eigenvalue weighted by atomic mass is 9.88. The minimum absolute atomic E-state index is 0.211. The third-order valence-electron chi connectivity index (χ3n) is 5.01. The van der Waals surface area contributed by atoms with Crippen LogP contribution in [0.1, 0.15) is 11.1 Å². The van der Waals surface area contributed by atoms with Crippen LogP contribution in [0.2, 0.25) is 0 Å². The van der Waals surface area contributed by atoms with Gasteiger partial charge in [-0.2, -0.15) is 0 Å². The molecule has 6 heteroatoms. The van der Waals surface area contributed by atoms with E-state index in [9.17, 15) is 14.7 Å². The molecule has 0 radical (unpaired) electrons. The molecule has 0 aliphatic carbocycles. The fourth-order valence-corrected chi connectivity index (χ4v) is 3.57. The molecule has 29 heavy (non-hydrogen) atoms. The highest BCUT2D eigenvalue weighted by Gasteiger charge is 2.51. The van der Waals surface area contributed by atoms with Crippen molar-refractivity contribution in [3.05, 3.63) is 90.0 Å². The second-order valence-corrected chi connectivity index (χ2v) is 6.76. The molecule has 2 N–H and O–H groups in total. The van der Waals surface area contributed by atoms with Crippen LogP contribution in [0.15, 0.2) is 78.9 Å². The lowest BCUT2D eigenvalue weighted by molar-refractivity contribution is -0.133. The van der Waals surface area contributed by atoms with Crippen molar-refractivity contribution in [2.45, 2.75) is 5.60 Å². The highest BCUT2D eigenvalue weighted by atomic mass is 16.5. The Morgan fingerprint density at radius 3 is 2.34 bits per heavy atom. The molecule has 146 valence electrons. The number of amides is 2. The van der Waals surface area contributed by atoms with Gasteiger partial charge in [-0.1, -0.05) is 48.5 Å². The number of benzene rings is 3. The summed E-state index contributed by atoms with van der Waals surface area (Å²) in [5.74, 6) is -0.231. The van der Waals surface area contributed by atoms with Crippen molar-refractivity contribution in [3.8, 4) is 5.75 Å². The van der Waals surface area contributed by atoms with Gasteiger partial charge in [0.05, 0.1) is 12.8 Å². The van der Waals surface area contributed by atoms with Crippen molar-refractivity contribution < 1.29 is 19.4 Å². The van der Waals surface area contributed by atoms with Crippen LogP contribution in [-0.2, 0) is 15.2 Å². The summed E-state index contributed by atoms with van der Waals surface area (Å²) in [7, 11) is 1.57. The van der Waals surface area contributed by atoms with E-state index in [0.717, 1.165) is 0 Å². The SMILES string of the molecule is COc1ccc(NC(=O)CN2C(=O)C(O)(c3ccccc3)c3ccccc32)cc1. The van der Waals surface area contributed by atoms with E-state index in [1.165, 1.54) is 4.90 Å². The molecule has 3 aromatic rings. The van der Waals surface area contributed by atoms with Gasteiger partial charge in [-0.05, 0) is 35.9 Å². The Labute approximate surface area is 168 Å². The van der Waals surface area contributed by atoms with Crippen LogP contribution in [0.5, 0.6) is 5.75 Å². The molecule has 0 bridgehead atoms. The minimum Gasteiger partial charge on any atom is -0.497 e. The summed E-state index contributed by atoms with van der Waals surface area (Å²) in [6, 6.07) is 22.6. The Morgan fingerprint density at radius 2 is 1.66 bits per heavy atom. The standard InChI is InChI=1S/C23H20N2O4/c1-29-18-13-11-17(12-14-18)24-21(26)15-25-20-10-6-5-9-19(20)23(28,22(25)27)16-7-3-2-4-8-16/h2-14,28H,15H2,1H3,(H,24,26). The Balaban J connectivity index is 1.61. The van der Waals surface area contributed by atoms with Crippen molar-refractivity contribution in [2.75, 3.05) is 23.9 Å². The molecule has 1 atom stereocenters. The minimum atomic E-state index is -1.82. The molecule has 2 amide bonds. The van der Waals surface area contributed by atoms with Crippen LogP contribution < -0.4 is 15.0 Å². The van der Waals surface area contributed by atoms with E-state index in [1.54, 1.807) is 79.9 Å². The van der Waals surface area contributed by atoms with Crippen LogP contribution in [0.4, 0.5) is 11.4 Å². The number of fused-ring (bicyclic) bond motifs is 1. The summed E-state index contributed by atoms with van der Waals surface area (Å²) >= 11 is 0. The first kappa shape index (κ1) is 18.7. The first-order valence-electron chi connectivity index (χ1n) is 9.17. The number of anilines is 2. The molecule has 4 rings (SSSR count). The number of para-hydroxylation sites is 1. The second-order valence-electron chi connectivity index (χ2n) is 6.76. The molecule has 0 fully saturated rings. The largest absolute Gasteiger partial charge is 0.497 e. The maximum Gasteiger partial charge on any atom is 0.268 e. The molecule has 1 heterocycles. The molecular weight excluding hydrogens is 368 g/mol. The number of rotatable bonds is 5. The first-order chi connectivity index (χ1) is 14.0. The van der Waals surface area contributed by atoms with Gasteiger partial charge in [-0.15, -0.1) is 0 Å². The first-order valence-corrected chi connectivity index (χ1v) is 9.17. The molecule has 3 aromatic carbocycles. The smallest absolute Gasteiger partial charge is 0.268 e. The number of methoxy groups -OCH3 is 1. The van der Waals surface area contributed by atoms with Gasteiger partial charge in [-0.3, -0.25) is 14.5 Å². The topological polar surface area (TPSA) is 78.9 Å². The Hall–Kier alpha value is -3.64. The number of hydrogen-bond donors (Lipinski definition) is 2. The number of nitrogens with zero attached hydrogens (tertiary/aromatic N) is 1. The molecule has 1 aliphatic rings. The zero-order valence-electron chi connectivity index (χ0n) is 15.8. The van der Waals surface area contributed by atoms with E-state index in [1.807, 2.05) is 6.07 Å². The maximum atomic E-state index is 13.2. The maximum absolute atomic E-state index is 13.2. The Morgan fingerprint density at radius 1 is 1.00 bits per heavy atom. The Kier molecular flexibility index (Phi) is 4.78. The number of ether oxygens (including phenoxy) is 1. The van der Waals surface area contributed by atoms with Crippen molar-refractivity contribution in [1.82, 2.24) is 0 Å². The van der Waals surface area contributed by atoms with Crippen LogP contribution >= 0.6 is 0 Å². The van der Waals surface area contributed by atoms with Gasteiger partial charge in [0.1, 0.15) is 12.3 Å². The van der Waals surface area contributed by atoms with E-state index in [0.29, 0.717) is 28.3 Å². The predicted octanol–water partition coefficient (Wildman–Crippen LogP) is 2.92. The van der Waals surface area contributed by atoms with Crippen molar-refractivity contribution >= 4 is 23.2 Å². The summed E-state index contributed by atoms with van der Waals surface area (Å²) in [4.78, 5) is 27.2. The van der Waals surface area contributed by atoms with Gasteiger partial charge < -0.3 is 15.2 Å². The van der Waals surface area contributed by atoms with E-state index in [4.69, 9.17) is 4.74 Å². The molecule has 0 spiro atoms. The average Bonchev–Trinajstić information content (AvgIpc) is 2.98. The lowest BCUT2D eigenvalue weighted by Gasteiger charge is -2.23. The zero-order chi connectivity index (χ0) is 20.4. The number of carbonyl (C=O) groups is 2. The van der Waals surface area contributed by atoms with Gasteiger partial charge >= 0.3 is 0 Å². The van der Waals surface area contributed by atoms with Gasteiger partial charge in [-0.25, -0.2) is 0 Å². The second kappa shape index (κ2) is 7.41. The van der Waals surface area contributed by atoms with E-state index in [2.05, 4.69) is 5.32 Å². The quantitative estimate of drug-likeness (QED) is 0.704. The summed E-state index contributed by atoms with van der Waals surface area (Å²) < 4.78 is 5.11. The number of carbonyl (C=O) groups excluding carboxylic acids is 2. The highest BCUT2D eigenvalue weighted by Crippen LogP contribution is 2.44. The third-order valence-corrected chi connectivity index (χ3v) is 5.01. The third kappa shape index (κ3) is 3.23. The van der Waals surface area contributed by atoms with E-state index < -0.39 is 11.5 Å². The monoisotopic (exact) mass is 388 g/mol. The molecular formula is C23H20N2O4. The van der Waals surface area contributed by atoms with E-state index in [-0.39, 0.29) is 12.5 Å². The van der Waals surface area contributed by atoms with Gasteiger partial charge in [0, 0.05) is 11.3 Å². The molecule has 0 saturated heterocycles. The van der Waals surface area contributed by atoms with Crippen LogP contribution in [0.3, 0.4) is 0 Å². The van der Waals surface area contributed by atoms with Crippen molar-refractivity contribution in [1.29, 1.82) is 0 Å². The normalized spacial score (nSPS) is 17.7. The molecule has 1 unspecified atom stereocenters. The van der Waals surface area contributed by atoms with Gasteiger partial charge in [0.15, 0.2) is 5.60 Å². The predicted molar refractivity (Wildman–Crippen MR) is 110 cm³/mol. The summed E-state index contributed by atoms with van der Waals surface area (Å²) in [5, 5.41) is 14.1. The Bertz CT molecular complexity index is 1050. The number of hydrogen-bond acceptors (Lipinski definition) is 4. The van der Waals surface area contributed by atoms with Crippen molar-refractivity contribution in [3.63, 3.8) is 0 Å². The van der Waals surface area contributed by atoms with Crippen LogP contribution in [0, 0.1) is 0 Å². The highest BCUT2D eigenvalue weighted by molar-refractivity contribution is 6.12. The average molecular weight is 388 g/mol. The van der Waals surface area contributed by atoms with Gasteiger partial charge in [0.2, 0.25) is 5.91 Å². The summed E-state index contributed by atoms with van der Waals surface area (Å²) in [6.07, 6.45) is 0. The fraction of sp³-hybridized carbons (Fsp3) is 0.130. The number of aliphatic hydroxyl groups is 1. The van der Waals surface area contributed by atoms with Crippen molar-refractivity contribution in [2.24, 2.45) is 0 Å². The summed E-state index contributed by atoms with van der Waals surface area (Å²) in [5.41, 5.74) is 0.227. The molecule has 1 aliphatic heterocycles. The fourth-order valence-electron chi connectivity index (χ4n) is 3.57. The van der Waals surface area contributed by atoms with Crippen LogP contribution in [-0.4, -0.2) is 30.6 Å². The molecule has 0 aromatic heterocycles. The zero-order valence-corrected chi connectivity index (χ0v) is 15.8.